The zero-order chi connectivity index (χ0) is 12.9. The molecule has 0 aromatic carbocycles. The summed E-state index contributed by atoms with van der Waals surface area (Å²) < 4.78 is 5.22. The molecule has 0 aliphatic heterocycles. The fourth-order valence-corrected chi connectivity index (χ4v) is 1.97. The first kappa shape index (κ1) is 13.8. The third-order valence-corrected chi connectivity index (χ3v) is 2.72. The highest BCUT2D eigenvalue weighted by molar-refractivity contribution is 5.68. The van der Waals surface area contributed by atoms with Crippen molar-refractivity contribution in [1.29, 1.82) is 0 Å². The van der Waals surface area contributed by atoms with Crippen LogP contribution in [0.4, 0.5) is 4.79 Å². The SMILES string of the molecule is C=NNC1CCC(NC(=O)OC(C)(C)C)CC1. The molecule has 5 heteroatoms. The Morgan fingerprint density at radius 3 is 2.24 bits per heavy atom. The predicted octanol–water partition coefficient (Wildman–Crippen LogP) is 2.03. The van der Waals surface area contributed by atoms with Gasteiger partial charge in [0.15, 0.2) is 0 Å². The Kier molecular flexibility index (Phi) is 4.78. The van der Waals surface area contributed by atoms with Crippen molar-refractivity contribution in [2.45, 2.75) is 64.1 Å². The monoisotopic (exact) mass is 241 g/mol. The number of carbonyl (C=O) groups excluding carboxylic acids is 1. The lowest BCUT2D eigenvalue weighted by Gasteiger charge is -2.29. The molecule has 0 aromatic rings. The average molecular weight is 241 g/mol. The number of hydrogen-bond acceptors (Lipinski definition) is 4. The van der Waals surface area contributed by atoms with Crippen LogP contribution in [0, 0.1) is 0 Å². The molecule has 1 rings (SSSR count). The summed E-state index contributed by atoms with van der Waals surface area (Å²) in [4.78, 5) is 11.6. The van der Waals surface area contributed by atoms with Crippen LogP contribution < -0.4 is 10.7 Å². The third-order valence-electron chi connectivity index (χ3n) is 2.72. The van der Waals surface area contributed by atoms with Gasteiger partial charge in [-0.1, -0.05) is 0 Å². The molecule has 0 heterocycles. The van der Waals surface area contributed by atoms with E-state index in [9.17, 15) is 4.79 Å². The van der Waals surface area contributed by atoms with E-state index in [1.807, 2.05) is 20.8 Å². The second-order valence-corrected chi connectivity index (χ2v) is 5.48. The van der Waals surface area contributed by atoms with Crippen molar-refractivity contribution in [3.05, 3.63) is 0 Å². The third kappa shape index (κ3) is 5.56. The summed E-state index contributed by atoms with van der Waals surface area (Å²) in [5, 5.41) is 6.58. The molecule has 0 saturated heterocycles. The zero-order valence-electron chi connectivity index (χ0n) is 11.0. The number of nitrogens with one attached hydrogen (secondary N) is 2. The zero-order valence-corrected chi connectivity index (χ0v) is 11.0. The largest absolute Gasteiger partial charge is 0.444 e. The Morgan fingerprint density at radius 1 is 1.24 bits per heavy atom. The molecule has 98 valence electrons. The maximum atomic E-state index is 11.6. The van der Waals surface area contributed by atoms with Gasteiger partial charge in [-0.05, 0) is 46.5 Å². The summed E-state index contributed by atoms with van der Waals surface area (Å²) in [7, 11) is 0. The van der Waals surface area contributed by atoms with Gasteiger partial charge in [0.05, 0.1) is 0 Å². The predicted molar refractivity (Wildman–Crippen MR) is 68.1 cm³/mol. The van der Waals surface area contributed by atoms with E-state index in [-0.39, 0.29) is 12.1 Å². The van der Waals surface area contributed by atoms with Crippen LogP contribution in [-0.4, -0.2) is 30.5 Å². The van der Waals surface area contributed by atoms with Gasteiger partial charge in [-0.3, -0.25) is 0 Å². The van der Waals surface area contributed by atoms with Crippen molar-refractivity contribution in [2.24, 2.45) is 5.10 Å². The first-order chi connectivity index (χ1) is 7.90. The molecular formula is C12H23N3O2. The van der Waals surface area contributed by atoms with Crippen LogP contribution in [0.1, 0.15) is 46.5 Å². The number of nitrogens with zero attached hydrogens (tertiary/aromatic N) is 1. The molecule has 0 spiro atoms. The Morgan fingerprint density at radius 2 is 1.76 bits per heavy atom. The van der Waals surface area contributed by atoms with E-state index in [4.69, 9.17) is 4.74 Å². The minimum Gasteiger partial charge on any atom is -0.444 e. The molecule has 0 bridgehead atoms. The van der Waals surface area contributed by atoms with E-state index in [1.54, 1.807) is 0 Å². The van der Waals surface area contributed by atoms with E-state index >= 15 is 0 Å². The first-order valence-corrected chi connectivity index (χ1v) is 6.11. The van der Waals surface area contributed by atoms with Gasteiger partial charge in [0, 0.05) is 18.8 Å². The summed E-state index contributed by atoms with van der Waals surface area (Å²) in [5.74, 6) is 0. The lowest BCUT2D eigenvalue weighted by molar-refractivity contribution is 0.0490. The maximum Gasteiger partial charge on any atom is 0.407 e. The Labute approximate surface area is 103 Å². The number of ether oxygens (including phenoxy) is 1. The van der Waals surface area contributed by atoms with E-state index in [1.165, 1.54) is 0 Å². The molecule has 1 saturated carbocycles. The Bertz CT molecular complexity index is 265. The molecule has 1 aliphatic carbocycles. The number of rotatable bonds is 3. The number of alkyl carbamates (subject to hydrolysis) is 1. The highest BCUT2D eigenvalue weighted by Crippen LogP contribution is 2.19. The molecule has 1 fully saturated rings. The smallest absolute Gasteiger partial charge is 0.407 e. The van der Waals surface area contributed by atoms with E-state index in [0.717, 1.165) is 25.7 Å². The Balaban J connectivity index is 2.26. The number of amides is 1. The van der Waals surface area contributed by atoms with Crippen LogP contribution in [0.5, 0.6) is 0 Å². The first-order valence-electron chi connectivity index (χ1n) is 6.11. The highest BCUT2D eigenvalue weighted by atomic mass is 16.6. The fourth-order valence-electron chi connectivity index (χ4n) is 1.97. The van der Waals surface area contributed by atoms with Crippen molar-refractivity contribution >= 4 is 12.8 Å². The average Bonchev–Trinajstić information content (AvgIpc) is 2.18. The molecule has 2 N–H and O–H groups in total. The fraction of sp³-hybridized carbons (Fsp3) is 0.833. The van der Waals surface area contributed by atoms with Crippen molar-refractivity contribution in [1.82, 2.24) is 10.7 Å². The van der Waals surface area contributed by atoms with Crippen LogP contribution in [0.25, 0.3) is 0 Å². The molecule has 0 atom stereocenters. The van der Waals surface area contributed by atoms with Gasteiger partial charge in [-0.15, -0.1) is 0 Å². The van der Waals surface area contributed by atoms with Gasteiger partial charge in [0.1, 0.15) is 5.60 Å². The molecular weight excluding hydrogens is 218 g/mol. The van der Waals surface area contributed by atoms with Gasteiger partial charge in [-0.2, -0.15) is 5.10 Å². The van der Waals surface area contributed by atoms with E-state index in [0.29, 0.717) is 6.04 Å². The van der Waals surface area contributed by atoms with Gasteiger partial charge in [0.2, 0.25) is 0 Å². The number of carbonyl (C=O) groups is 1. The minimum absolute atomic E-state index is 0.215. The molecule has 0 unspecified atom stereocenters. The number of hydrazone groups is 1. The van der Waals surface area contributed by atoms with Crippen molar-refractivity contribution in [3.8, 4) is 0 Å². The van der Waals surface area contributed by atoms with Crippen molar-refractivity contribution in [2.75, 3.05) is 0 Å². The highest BCUT2D eigenvalue weighted by Gasteiger charge is 2.24. The second kappa shape index (κ2) is 5.89. The summed E-state index contributed by atoms with van der Waals surface area (Å²) in [6, 6.07) is 0.608. The Hall–Kier alpha value is -1.26. The lowest BCUT2D eigenvalue weighted by Crippen LogP contribution is -2.43. The van der Waals surface area contributed by atoms with Crippen LogP contribution in [0.15, 0.2) is 5.10 Å². The molecule has 0 aromatic heterocycles. The minimum atomic E-state index is -0.435. The number of hydrogen-bond donors (Lipinski definition) is 2. The van der Waals surface area contributed by atoms with Crippen LogP contribution in [0.2, 0.25) is 0 Å². The summed E-state index contributed by atoms with van der Waals surface area (Å²) in [6.45, 7) is 9.00. The summed E-state index contributed by atoms with van der Waals surface area (Å²) in [5.41, 5.74) is 2.53. The molecule has 0 radical (unpaired) electrons. The van der Waals surface area contributed by atoms with Crippen LogP contribution in [0.3, 0.4) is 0 Å². The second-order valence-electron chi connectivity index (χ2n) is 5.48. The quantitative estimate of drug-likeness (QED) is 0.587. The topological polar surface area (TPSA) is 62.7 Å². The maximum absolute atomic E-state index is 11.6. The van der Waals surface area contributed by atoms with Crippen LogP contribution >= 0.6 is 0 Å². The normalized spacial score (nSPS) is 24.9. The molecule has 1 aliphatic rings. The van der Waals surface area contributed by atoms with Gasteiger partial charge >= 0.3 is 6.09 Å². The summed E-state index contributed by atoms with van der Waals surface area (Å²) in [6.07, 6.45) is 3.58. The van der Waals surface area contributed by atoms with E-state index in [2.05, 4.69) is 22.6 Å². The van der Waals surface area contributed by atoms with Crippen molar-refractivity contribution < 1.29 is 9.53 Å². The molecule has 17 heavy (non-hydrogen) atoms. The van der Waals surface area contributed by atoms with Gasteiger partial charge in [-0.25, -0.2) is 4.79 Å². The standard InChI is InChI=1S/C12H23N3O2/c1-12(2,3)17-11(16)14-9-5-7-10(8-6-9)15-13-4/h9-10,15H,4-8H2,1-3H3,(H,14,16). The lowest BCUT2D eigenvalue weighted by atomic mass is 9.92. The van der Waals surface area contributed by atoms with E-state index < -0.39 is 5.60 Å². The van der Waals surface area contributed by atoms with Crippen LogP contribution in [-0.2, 0) is 4.74 Å². The molecule has 1 amide bonds. The summed E-state index contributed by atoms with van der Waals surface area (Å²) >= 11 is 0. The van der Waals surface area contributed by atoms with Crippen molar-refractivity contribution in [3.63, 3.8) is 0 Å². The van der Waals surface area contributed by atoms with Gasteiger partial charge in [0.25, 0.3) is 0 Å². The molecule has 5 nitrogen and oxygen atoms in total. The van der Waals surface area contributed by atoms with Gasteiger partial charge < -0.3 is 15.5 Å².